The summed E-state index contributed by atoms with van der Waals surface area (Å²) in [6, 6.07) is 16.9. The van der Waals surface area contributed by atoms with Gasteiger partial charge < -0.3 is 4.90 Å². The zero-order valence-electron chi connectivity index (χ0n) is 14.7. The van der Waals surface area contributed by atoms with E-state index in [1.54, 1.807) is 11.3 Å². The highest BCUT2D eigenvalue weighted by atomic mass is 32.1. The third-order valence-corrected chi connectivity index (χ3v) is 7.00. The van der Waals surface area contributed by atoms with Crippen LogP contribution in [0.5, 0.6) is 0 Å². The Morgan fingerprint density at radius 1 is 0.962 bits per heavy atom. The van der Waals surface area contributed by atoms with Gasteiger partial charge >= 0.3 is 0 Å². The van der Waals surface area contributed by atoms with Crippen molar-refractivity contribution in [2.24, 2.45) is 0 Å². The van der Waals surface area contributed by atoms with Crippen molar-refractivity contribution in [2.75, 3.05) is 18.0 Å². The van der Waals surface area contributed by atoms with Gasteiger partial charge in [0, 0.05) is 27.7 Å². The van der Waals surface area contributed by atoms with Crippen molar-refractivity contribution in [2.45, 2.75) is 19.8 Å². The molecule has 1 aliphatic rings. The summed E-state index contributed by atoms with van der Waals surface area (Å²) in [6.45, 7) is 12.0. The van der Waals surface area contributed by atoms with Crippen LogP contribution in [0.25, 0.3) is 26.4 Å². The third-order valence-electron chi connectivity index (χ3n) is 4.63. The first-order valence-corrected chi connectivity index (χ1v) is 10.5. The van der Waals surface area contributed by atoms with Crippen LogP contribution in [0.15, 0.2) is 48.5 Å². The van der Waals surface area contributed by atoms with Crippen LogP contribution >= 0.6 is 22.7 Å². The Labute approximate surface area is 162 Å². The third kappa shape index (κ3) is 3.60. The van der Waals surface area contributed by atoms with E-state index < -0.39 is 0 Å². The molecule has 1 aromatic carbocycles. The largest absolute Gasteiger partial charge is 0.363 e. The van der Waals surface area contributed by atoms with Gasteiger partial charge in [-0.3, -0.25) is 0 Å². The molecule has 0 N–H and O–H groups in total. The summed E-state index contributed by atoms with van der Waals surface area (Å²) in [6.07, 6.45) is 4.61. The maximum atomic E-state index is 7.53. The van der Waals surface area contributed by atoms with Crippen LogP contribution in [0.4, 0.5) is 5.00 Å². The summed E-state index contributed by atoms with van der Waals surface area (Å²) in [4.78, 5) is 9.94. The summed E-state index contributed by atoms with van der Waals surface area (Å²) >= 11 is 3.63. The Bertz CT molecular complexity index is 964. The van der Waals surface area contributed by atoms with Crippen molar-refractivity contribution in [3.05, 3.63) is 76.0 Å². The van der Waals surface area contributed by atoms with Gasteiger partial charge in [-0.1, -0.05) is 29.8 Å². The molecule has 130 valence electrons. The van der Waals surface area contributed by atoms with Crippen LogP contribution < -0.4 is 4.90 Å². The molecule has 4 rings (SSSR count). The van der Waals surface area contributed by atoms with Gasteiger partial charge in [0.1, 0.15) is 0 Å². The Balaban J connectivity index is 1.57. The molecule has 26 heavy (non-hydrogen) atoms. The van der Waals surface area contributed by atoms with Gasteiger partial charge in [0.25, 0.3) is 0 Å². The lowest BCUT2D eigenvalue weighted by Crippen LogP contribution is -2.15. The molecule has 0 bridgehead atoms. The van der Waals surface area contributed by atoms with Gasteiger partial charge in [-0.25, -0.2) is 4.85 Å². The Hall–Kier alpha value is -2.35. The Kier molecular flexibility index (Phi) is 4.92. The van der Waals surface area contributed by atoms with Gasteiger partial charge in [0.15, 0.2) is 5.70 Å². The predicted molar refractivity (Wildman–Crippen MR) is 115 cm³/mol. The number of thiophene rings is 2. The first-order chi connectivity index (χ1) is 12.7. The molecule has 2 aromatic heterocycles. The number of benzene rings is 1. The maximum absolute atomic E-state index is 7.53. The van der Waals surface area contributed by atoms with E-state index in [1.807, 2.05) is 29.5 Å². The lowest BCUT2D eigenvalue weighted by molar-refractivity contribution is 0.949. The summed E-state index contributed by atoms with van der Waals surface area (Å²) in [5, 5.41) is 1.38. The molecular formula is C22H20N2S2. The van der Waals surface area contributed by atoms with Crippen molar-refractivity contribution in [1.29, 1.82) is 0 Å². The summed E-state index contributed by atoms with van der Waals surface area (Å²) in [5.74, 6) is 0. The minimum atomic E-state index is 0.697. The fraction of sp³-hybridized carbons (Fsp3) is 0.227. The van der Waals surface area contributed by atoms with Crippen LogP contribution in [0.3, 0.4) is 0 Å². The molecule has 2 nitrogen and oxygen atoms in total. The molecule has 3 heterocycles. The van der Waals surface area contributed by atoms with Crippen LogP contribution in [-0.4, -0.2) is 13.1 Å². The SMILES string of the molecule is [C-]#[N+]/C(=C\c1ccc(-c2ccc(N3CCCC3)s2)s1)c1ccc(C)cc1. The number of anilines is 1. The molecule has 0 radical (unpaired) electrons. The second kappa shape index (κ2) is 7.49. The van der Waals surface area contributed by atoms with Crippen molar-refractivity contribution in [1.82, 2.24) is 0 Å². The zero-order valence-corrected chi connectivity index (χ0v) is 16.4. The standard InChI is InChI=1S/C22H20N2S2/c1-16-5-7-17(8-6-16)19(23-2)15-18-9-10-20(25-18)21-11-12-22(26-21)24-13-3-4-14-24/h5-12,15H,3-4,13-14H2,1H3/b19-15-. The molecule has 1 fully saturated rings. The quantitative estimate of drug-likeness (QED) is 0.454. The Morgan fingerprint density at radius 3 is 2.38 bits per heavy atom. The first kappa shape index (κ1) is 17.1. The monoisotopic (exact) mass is 376 g/mol. The van der Waals surface area contributed by atoms with Crippen LogP contribution in [0.1, 0.15) is 28.8 Å². The molecular weight excluding hydrogens is 356 g/mol. The zero-order chi connectivity index (χ0) is 17.9. The summed E-state index contributed by atoms with van der Waals surface area (Å²) < 4.78 is 0. The highest BCUT2D eigenvalue weighted by Gasteiger charge is 2.15. The van der Waals surface area contributed by atoms with Gasteiger partial charge in [0.05, 0.1) is 11.6 Å². The van der Waals surface area contributed by atoms with E-state index in [9.17, 15) is 0 Å². The van der Waals surface area contributed by atoms with Gasteiger partial charge in [0.2, 0.25) is 0 Å². The minimum absolute atomic E-state index is 0.697. The van der Waals surface area contributed by atoms with E-state index in [-0.39, 0.29) is 0 Å². The Morgan fingerprint density at radius 2 is 1.65 bits per heavy atom. The predicted octanol–water partition coefficient (Wildman–Crippen LogP) is 6.80. The first-order valence-electron chi connectivity index (χ1n) is 8.84. The fourth-order valence-corrected chi connectivity index (χ4v) is 5.26. The van der Waals surface area contributed by atoms with Gasteiger partial charge in [-0.05, 0) is 55.7 Å². The van der Waals surface area contributed by atoms with Gasteiger partial charge in [-0.15, -0.1) is 22.7 Å². The lowest BCUT2D eigenvalue weighted by Gasteiger charge is -2.13. The average molecular weight is 377 g/mol. The number of nitrogens with zero attached hydrogens (tertiary/aromatic N) is 2. The second-order valence-corrected chi connectivity index (χ2v) is 8.72. The minimum Gasteiger partial charge on any atom is -0.363 e. The van der Waals surface area contributed by atoms with Crippen LogP contribution in [0, 0.1) is 13.5 Å². The molecule has 0 aliphatic carbocycles. The molecule has 0 atom stereocenters. The van der Waals surface area contributed by atoms with E-state index >= 15 is 0 Å². The number of hydrogen-bond donors (Lipinski definition) is 0. The van der Waals surface area contributed by atoms with E-state index in [0.717, 1.165) is 10.4 Å². The normalized spacial score (nSPS) is 14.6. The number of rotatable bonds is 4. The average Bonchev–Trinajstić information content (AvgIpc) is 3.40. The van der Waals surface area contributed by atoms with E-state index in [4.69, 9.17) is 6.57 Å². The fourth-order valence-electron chi connectivity index (χ4n) is 3.17. The van der Waals surface area contributed by atoms with Crippen molar-refractivity contribution < 1.29 is 0 Å². The van der Waals surface area contributed by atoms with Crippen molar-refractivity contribution in [3.63, 3.8) is 0 Å². The number of aryl methyl sites for hydroxylation is 1. The molecule has 0 saturated carbocycles. The van der Waals surface area contributed by atoms with Gasteiger partial charge in [-0.2, -0.15) is 0 Å². The maximum Gasteiger partial charge on any atom is 0.195 e. The number of hydrogen-bond acceptors (Lipinski definition) is 3. The smallest absolute Gasteiger partial charge is 0.195 e. The van der Waals surface area contributed by atoms with Crippen LogP contribution in [-0.2, 0) is 0 Å². The molecule has 1 aliphatic heterocycles. The highest BCUT2D eigenvalue weighted by molar-refractivity contribution is 7.24. The highest BCUT2D eigenvalue weighted by Crippen LogP contribution is 2.39. The lowest BCUT2D eigenvalue weighted by atomic mass is 10.1. The van der Waals surface area contributed by atoms with Crippen LogP contribution in [0.2, 0.25) is 0 Å². The molecule has 0 amide bonds. The molecule has 0 unspecified atom stereocenters. The van der Waals surface area contributed by atoms with Crippen molar-refractivity contribution >= 4 is 39.4 Å². The molecule has 4 heteroatoms. The summed E-state index contributed by atoms with van der Waals surface area (Å²) in [5.41, 5.74) is 2.89. The second-order valence-electron chi connectivity index (χ2n) is 6.54. The molecule has 0 spiro atoms. The van der Waals surface area contributed by atoms with E-state index in [2.05, 4.69) is 53.1 Å². The topological polar surface area (TPSA) is 7.60 Å². The van der Waals surface area contributed by atoms with E-state index in [1.165, 1.54) is 46.2 Å². The molecule has 1 saturated heterocycles. The summed E-state index contributed by atoms with van der Waals surface area (Å²) in [7, 11) is 0. The molecule has 3 aromatic rings. The van der Waals surface area contributed by atoms with E-state index in [0.29, 0.717) is 5.70 Å². The van der Waals surface area contributed by atoms with Crippen molar-refractivity contribution in [3.8, 4) is 9.75 Å².